The van der Waals surface area contributed by atoms with E-state index in [1.165, 1.54) is 0 Å². The molecule has 1 N–H and O–H groups in total. The van der Waals surface area contributed by atoms with E-state index >= 15 is 0 Å². The maximum atomic E-state index is 14.1. The Morgan fingerprint density at radius 1 is 1.19 bits per heavy atom. The van der Waals surface area contributed by atoms with Crippen molar-refractivity contribution in [2.45, 2.75) is 12.8 Å². The lowest BCUT2D eigenvalue weighted by atomic mass is 10.0. The van der Waals surface area contributed by atoms with Crippen LogP contribution < -0.4 is 5.32 Å². The average Bonchev–Trinajstić information content (AvgIpc) is 2.29. The number of nitrogens with one attached hydrogen (secondary N) is 1. The summed E-state index contributed by atoms with van der Waals surface area (Å²) in [6, 6.07) is 4.86. The summed E-state index contributed by atoms with van der Waals surface area (Å²) in [6.07, 6.45) is 1.48. The third kappa shape index (κ3) is 2.57. The van der Waals surface area contributed by atoms with Crippen LogP contribution in [0.5, 0.6) is 0 Å². The molecule has 0 saturated carbocycles. The SMILES string of the molecule is FC(=C1CCNCC1)c1ccc(Cl)cc1Cl. The molecule has 0 amide bonds. The first kappa shape index (κ1) is 11.9. The largest absolute Gasteiger partial charge is 0.316 e. The topological polar surface area (TPSA) is 12.0 Å². The summed E-state index contributed by atoms with van der Waals surface area (Å²) in [4.78, 5) is 0. The molecule has 0 aliphatic carbocycles. The van der Waals surface area contributed by atoms with E-state index < -0.39 is 0 Å². The number of piperidine rings is 1. The van der Waals surface area contributed by atoms with Gasteiger partial charge in [0.05, 0.1) is 5.02 Å². The van der Waals surface area contributed by atoms with Crippen molar-refractivity contribution < 1.29 is 4.39 Å². The summed E-state index contributed by atoms with van der Waals surface area (Å²) in [7, 11) is 0. The predicted molar refractivity (Wildman–Crippen MR) is 66.6 cm³/mol. The third-order valence-corrected chi connectivity index (χ3v) is 3.23. The van der Waals surface area contributed by atoms with Crippen LogP contribution in [0, 0.1) is 0 Å². The van der Waals surface area contributed by atoms with Crippen molar-refractivity contribution in [3.8, 4) is 0 Å². The molecule has 1 fully saturated rings. The second kappa shape index (κ2) is 5.17. The zero-order valence-electron chi connectivity index (χ0n) is 8.69. The minimum atomic E-state index is -0.192. The molecule has 16 heavy (non-hydrogen) atoms. The molecule has 0 atom stereocenters. The molecule has 1 saturated heterocycles. The molecule has 1 aliphatic heterocycles. The molecular weight excluding hydrogens is 248 g/mol. The summed E-state index contributed by atoms with van der Waals surface area (Å²) in [5.41, 5.74) is 1.28. The van der Waals surface area contributed by atoms with E-state index in [0.29, 0.717) is 15.6 Å². The monoisotopic (exact) mass is 259 g/mol. The highest BCUT2D eigenvalue weighted by Gasteiger charge is 2.14. The molecule has 1 aliphatic rings. The molecule has 0 bridgehead atoms. The molecule has 1 heterocycles. The van der Waals surface area contributed by atoms with Gasteiger partial charge >= 0.3 is 0 Å². The minimum Gasteiger partial charge on any atom is -0.316 e. The lowest BCUT2D eigenvalue weighted by Crippen LogP contribution is -2.23. The van der Waals surface area contributed by atoms with E-state index in [9.17, 15) is 4.39 Å². The van der Waals surface area contributed by atoms with E-state index in [4.69, 9.17) is 23.2 Å². The van der Waals surface area contributed by atoms with Crippen LogP contribution in [0.1, 0.15) is 18.4 Å². The number of rotatable bonds is 1. The van der Waals surface area contributed by atoms with Crippen molar-refractivity contribution in [1.82, 2.24) is 5.32 Å². The van der Waals surface area contributed by atoms with Crippen molar-refractivity contribution in [2.75, 3.05) is 13.1 Å². The van der Waals surface area contributed by atoms with Crippen molar-refractivity contribution in [3.63, 3.8) is 0 Å². The van der Waals surface area contributed by atoms with Gasteiger partial charge in [0.15, 0.2) is 0 Å². The van der Waals surface area contributed by atoms with Gasteiger partial charge in [-0.05, 0) is 49.7 Å². The number of benzene rings is 1. The third-order valence-electron chi connectivity index (χ3n) is 2.69. The average molecular weight is 260 g/mol. The Labute approximate surface area is 104 Å². The second-order valence-electron chi connectivity index (χ2n) is 3.79. The van der Waals surface area contributed by atoms with E-state index in [2.05, 4.69) is 5.32 Å². The lowest BCUT2D eigenvalue weighted by molar-refractivity contribution is 0.596. The molecule has 0 aromatic heterocycles. The first-order valence-corrected chi connectivity index (χ1v) is 5.98. The highest BCUT2D eigenvalue weighted by Crippen LogP contribution is 2.32. The van der Waals surface area contributed by atoms with Gasteiger partial charge < -0.3 is 5.32 Å². The quantitative estimate of drug-likeness (QED) is 0.802. The van der Waals surface area contributed by atoms with Gasteiger partial charge in [-0.2, -0.15) is 0 Å². The fraction of sp³-hybridized carbons (Fsp3) is 0.333. The van der Waals surface area contributed by atoms with Crippen LogP contribution in [-0.2, 0) is 0 Å². The molecule has 1 aromatic carbocycles. The molecular formula is C12H12Cl2FN. The zero-order valence-corrected chi connectivity index (χ0v) is 10.2. The van der Waals surface area contributed by atoms with E-state index in [1.807, 2.05) is 0 Å². The molecule has 1 nitrogen and oxygen atoms in total. The van der Waals surface area contributed by atoms with Gasteiger partial charge in [-0.15, -0.1) is 0 Å². The van der Waals surface area contributed by atoms with E-state index in [-0.39, 0.29) is 5.83 Å². The van der Waals surface area contributed by atoms with Crippen molar-refractivity contribution in [3.05, 3.63) is 39.4 Å². The molecule has 86 valence electrons. The number of hydrogen-bond acceptors (Lipinski definition) is 1. The molecule has 4 heteroatoms. The summed E-state index contributed by atoms with van der Waals surface area (Å²) in [6.45, 7) is 1.65. The summed E-state index contributed by atoms with van der Waals surface area (Å²) in [5.74, 6) is -0.192. The molecule has 0 radical (unpaired) electrons. The van der Waals surface area contributed by atoms with Gasteiger partial charge in [-0.1, -0.05) is 23.2 Å². The second-order valence-corrected chi connectivity index (χ2v) is 4.64. The van der Waals surface area contributed by atoms with E-state index in [0.717, 1.165) is 31.5 Å². The van der Waals surface area contributed by atoms with Gasteiger partial charge in [0, 0.05) is 10.6 Å². The Bertz CT molecular complexity index is 421. The predicted octanol–water partition coefficient (Wildman–Crippen LogP) is 4.06. The van der Waals surface area contributed by atoms with Crippen LogP contribution in [-0.4, -0.2) is 13.1 Å². The fourth-order valence-electron chi connectivity index (χ4n) is 1.81. The van der Waals surface area contributed by atoms with Crippen LogP contribution in [0.3, 0.4) is 0 Å². The maximum Gasteiger partial charge on any atom is 0.131 e. The Kier molecular flexibility index (Phi) is 3.85. The van der Waals surface area contributed by atoms with Gasteiger partial charge in [0.2, 0.25) is 0 Å². The first-order valence-electron chi connectivity index (χ1n) is 5.22. The standard InChI is InChI=1S/C12H12Cl2FN/c13-9-1-2-10(11(14)7-9)12(15)8-3-5-16-6-4-8/h1-2,7,16H,3-6H2. The summed E-state index contributed by atoms with van der Waals surface area (Å²) >= 11 is 11.7. The molecule has 1 aromatic rings. The van der Waals surface area contributed by atoms with Gasteiger partial charge in [0.1, 0.15) is 5.83 Å². The molecule has 0 spiro atoms. The smallest absolute Gasteiger partial charge is 0.131 e. The van der Waals surface area contributed by atoms with Gasteiger partial charge in [-0.3, -0.25) is 0 Å². The Hall–Kier alpha value is -0.570. The summed E-state index contributed by atoms with van der Waals surface area (Å²) < 4.78 is 14.1. The van der Waals surface area contributed by atoms with Crippen molar-refractivity contribution in [1.29, 1.82) is 0 Å². The van der Waals surface area contributed by atoms with Gasteiger partial charge in [-0.25, -0.2) is 4.39 Å². The number of hydrogen-bond donors (Lipinski definition) is 1. The van der Waals surface area contributed by atoms with Crippen LogP contribution >= 0.6 is 23.2 Å². The first-order chi connectivity index (χ1) is 7.68. The maximum absolute atomic E-state index is 14.1. The zero-order chi connectivity index (χ0) is 11.5. The Balaban J connectivity index is 2.35. The van der Waals surface area contributed by atoms with E-state index in [1.54, 1.807) is 18.2 Å². The van der Waals surface area contributed by atoms with Crippen molar-refractivity contribution in [2.24, 2.45) is 0 Å². The highest BCUT2D eigenvalue weighted by molar-refractivity contribution is 6.35. The van der Waals surface area contributed by atoms with Crippen molar-refractivity contribution >= 4 is 29.0 Å². The Morgan fingerprint density at radius 3 is 2.50 bits per heavy atom. The number of halogens is 3. The van der Waals surface area contributed by atoms with Gasteiger partial charge in [0.25, 0.3) is 0 Å². The highest BCUT2D eigenvalue weighted by atomic mass is 35.5. The lowest BCUT2D eigenvalue weighted by Gasteiger charge is -2.16. The van der Waals surface area contributed by atoms with Crippen LogP contribution in [0.2, 0.25) is 10.0 Å². The Morgan fingerprint density at radius 2 is 1.88 bits per heavy atom. The minimum absolute atomic E-state index is 0.192. The van der Waals surface area contributed by atoms with Crippen LogP contribution in [0.4, 0.5) is 4.39 Å². The van der Waals surface area contributed by atoms with Crippen LogP contribution in [0.15, 0.2) is 23.8 Å². The molecule has 2 rings (SSSR count). The molecule has 0 unspecified atom stereocenters. The summed E-state index contributed by atoms with van der Waals surface area (Å²) in [5, 5.41) is 4.09. The normalized spacial score (nSPS) is 16.3. The fourth-order valence-corrected chi connectivity index (χ4v) is 2.30. The van der Waals surface area contributed by atoms with Crippen LogP contribution in [0.25, 0.3) is 5.83 Å².